The highest BCUT2D eigenvalue weighted by molar-refractivity contribution is 5.81. The molecule has 0 aliphatic heterocycles. The second kappa shape index (κ2) is 16.9. The van der Waals surface area contributed by atoms with Gasteiger partial charge < -0.3 is 9.47 Å². The average Bonchev–Trinajstić information content (AvgIpc) is 2.98. The van der Waals surface area contributed by atoms with Crippen molar-refractivity contribution < 1.29 is 14.3 Å². The topological polar surface area (TPSA) is 59.3 Å². The molecule has 0 amide bonds. The van der Waals surface area contributed by atoms with Gasteiger partial charge in [0.15, 0.2) is 0 Å². The third-order valence-corrected chi connectivity index (χ3v) is 8.40. The lowest BCUT2D eigenvalue weighted by molar-refractivity contribution is -0.137. The molecule has 3 atom stereocenters. The maximum atomic E-state index is 11.1. The Balaban J connectivity index is 1.42. The van der Waals surface area contributed by atoms with Crippen LogP contribution >= 0.6 is 0 Å². The molecule has 2 aromatic rings. The Morgan fingerprint density at radius 3 is 2.27 bits per heavy atom. The molecule has 1 fully saturated rings. The number of hydrogen-bond acceptors (Lipinski definition) is 4. The molecule has 2 aromatic carbocycles. The summed E-state index contributed by atoms with van der Waals surface area (Å²) in [6.45, 7) is 8.20. The summed E-state index contributed by atoms with van der Waals surface area (Å²) in [6.07, 6.45) is 16.9. The largest absolute Gasteiger partial charge is 0.491 e. The number of benzene rings is 2. The van der Waals surface area contributed by atoms with Gasteiger partial charge >= 0.3 is 5.97 Å². The normalized spacial score (nSPS) is 19.4. The van der Waals surface area contributed by atoms with E-state index >= 15 is 0 Å². The predicted octanol–water partition coefficient (Wildman–Crippen LogP) is 9.94. The monoisotopic (exact) mass is 543 g/mol. The summed E-state index contributed by atoms with van der Waals surface area (Å²) in [5.74, 6) is 1.06. The minimum absolute atomic E-state index is 0.179. The van der Waals surface area contributed by atoms with Crippen molar-refractivity contribution in [3.8, 4) is 22.9 Å². The van der Waals surface area contributed by atoms with Crippen molar-refractivity contribution >= 4 is 5.97 Å². The first-order chi connectivity index (χ1) is 19.5. The van der Waals surface area contributed by atoms with Crippen LogP contribution < -0.4 is 4.74 Å². The summed E-state index contributed by atoms with van der Waals surface area (Å²) in [4.78, 5) is 11.1. The van der Waals surface area contributed by atoms with Crippen molar-refractivity contribution in [1.29, 1.82) is 5.26 Å². The van der Waals surface area contributed by atoms with Crippen molar-refractivity contribution in [3.05, 3.63) is 66.7 Å². The summed E-state index contributed by atoms with van der Waals surface area (Å²) in [5.41, 5.74) is 3.61. The van der Waals surface area contributed by atoms with E-state index < -0.39 is 0 Å². The fraction of sp³-hybridized carbons (Fsp3) is 0.556. The molecule has 0 spiro atoms. The van der Waals surface area contributed by atoms with Crippen molar-refractivity contribution in [1.82, 2.24) is 0 Å². The summed E-state index contributed by atoms with van der Waals surface area (Å²) in [7, 11) is 0. The molecular weight excluding hydrogens is 494 g/mol. The van der Waals surface area contributed by atoms with Crippen LogP contribution in [-0.4, -0.2) is 18.7 Å². The number of rotatable bonds is 17. The van der Waals surface area contributed by atoms with Crippen LogP contribution in [0, 0.1) is 16.7 Å². The van der Waals surface area contributed by atoms with Crippen LogP contribution in [0.4, 0.5) is 0 Å². The van der Waals surface area contributed by atoms with Crippen LogP contribution in [0.15, 0.2) is 61.2 Å². The van der Waals surface area contributed by atoms with Gasteiger partial charge in [0, 0.05) is 6.08 Å². The second-order valence-electron chi connectivity index (χ2n) is 11.6. The fourth-order valence-electron chi connectivity index (χ4n) is 6.08. The summed E-state index contributed by atoms with van der Waals surface area (Å²) in [6, 6.07) is 20.2. The molecule has 0 aromatic heterocycles. The predicted molar refractivity (Wildman–Crippen MR) is 164 cm³/mol. The van der Waals surface area contributed by atoms with E-state index in [0.717, 1.165) is 63.5 Å². The maximum Gasteiger partial charge on any atom is 0.330 e. The van der Waals surface area contributed by atoms with E-state index in [0.29, 0.717) is 12.5 Å². The third kappa shape index (κ3) is 10.2. The number of carbonyl (C=O) groups is 1. The van der Waals surface area contributed by atoms with E-state index in [-0.39, 0.29) is 17.5 Å². The van der Waals surface area contributed by atoms with E-state index in [4.69, 9.17) is 9.47 Å². The van der Waals surface area contributed by atoms with Gasteiger partial charge in [-0.3, -0.25) is 0 Å². The van der Waals surface area contributed by atoms with Crippen molar-refractivity contribution in [2.24, 2.45) is 5.41 Å². The van der Waals surface area contributed by atoms with Gasteiger partial charge in [0.25, 0.3) is 0 Å². The minimum Gasteiger partial charge on any atom is -0.491 e. The first-order valence-corrected chi connectivity index (χ1v) is 15.6. The van der Waals surface area contributed by atoms with E-state index in [1.54, 1.807) is 0 Å². The number of nitrogens with zero attached hydrogens (tertiary/aromatic N) is 1. The molecule has 216 valence electrons. The van der Waals surface area contributed by atoms with Gasteiger partial charge in [-0.2, -0.15) is 5.26 Å². The Morgan fingerprint density at radius 1 is 1.02 bits per heavy atom. The van der Waals surface area contributed by atoms with Crippen LogP contribution in [0.25, 0.3) is 11.1 Å². The highest BCUT2D eigenvalue weighted by atomic mass is 16.5. The third-order valence-electron chi connectivity index (χ3n) is 8.40. The Bertz CT molecular complexity index is 1070. The molecule has 3 rings (SSSR count). The quantitative estimate of drug-likeness (QED) is 0.113. The van der Waals surface area contributed by atoms with E-state index in [1.165, 1.54) is 54.9 Å². The molecular formula is C36H49NO3. The smallest absolute Gasteiger partial charge is 0.330 e. The molecule has 0 heterocycles. The molecule has 0 N–H and O–H groups in total. The first-order valence-electron chi connectivity index (χ1n) is 15.6. The molecule has 4 heteroatoms. The molecule has 3 unspecified atom stereocenters. The lowest BCUT2D eigenvalue weighted by Crippen LogP contribution is -2.26. The van der Waals surface area contributed by atoms with Gasteiger partial charge in [-0.25, -0.2) is 4.79 Å². The standard InChI is InChI=1S/C36H49NO3/c1-4-14-29(3)40-34-22-20-31(21-23-34)30-16-18-32(19-17-30)33-15-13-25-36(27-33,28-37)24-11-9-7-6-8-10-12-26-39-35(38)5-2/h5,16-23,29,33H,2,4,6-15,24-27H2,1,3H3. The van der Waals surface area contributed by atoms with Crippen molar-refractivity contribution in [2.75, 3.05) is 6.61 Å². The number of esters is 1. The molecule has 1 aliphatic rings. The zero-order valence-corrected chi connectivity index (χ0v) is 24.8. The van der Waals surface area contributed by atoms with E-state index in [1.807, 2.05) is 0 Å². The number of carbonyl (C=O) groups excluding carboxylic acids is 1. The summed E-state index contributed by atoms with van der Waals surface area (Å²) in [5, 5.41) is 10.2. The Morgan fingerprint density at radius 2 is 1.65 bits per heavy atom. The number of unbranched alkanes of at least 4 members (excludes halogenated alkanes) is 6. The molecule has 0 saturated heterocycles. The molecule has 40 heavy (non-hydrogen) atoms. The van der Waals surface area contributed by atoms with E-state index in [2.05, 4.69) is 75.0 Å². The van der Waals surface area contributed by atoms with Gasteiger partial charge in [0.1, 0.15) is 5.75 Å². The lowest BCUT2D eigenvalue weighted by Gasteiger charge is -2.36. The number of hydrogen-bond donors (Lipinski definition) is 0. The molecule has 4 nitrogen and oxygen atoms in total. The second-order valence-corrected chi connectivity index (χ2v) is 11.6. The van der Waals surface area contributed by atoms with Crippen LogP contribution in [0.5, 0.6) is 5.75 Å². The van der Waals surface area contributed by atoms with Crippen molar-refractivity contribution in [3.63, 3.8) is 0 Å². The highest BCUT2D eigenvalue weighted by Gasteiger charge is 2.36. The average molecular weight is 544 g/mol. The highest BCUT2D eigenvalue weighted by Crippen LogP contribution is 2.47. The van der Waals surface area contributed by atoms with Crippen molar-refractivity contribution in [2.45, 2.75) is 116 Å². The Hall–Kier alpha value is -3.06. The number of ether oxygens (including phenoxy) is 2. The zero-order valence-electron chi connectivity index (χ0n) is 24.8. The SMILES string of the molecule is C=CC(=O)OCCCCCCCCCC1(C#N)CCCC(c2ccc(-c3ccc(OC(C)CCC)cc3)cc2)C1. The summed E-state index contributed by atoms with van der Waals surface area (Å²) >= 11 is 0. The van der Waals surface area contributed by atoms with Crippen LogP contribution in [0.3, 0.4) is 0 Å². The van der Waals surface area contributed by atoms with Gasteiger partial charge in [0.2, 0.25) is 0 Å². The zero-order chi connectivity index (χ0) is 28.6. The fourth-order valence-corrected chi connectivity index (χ4v) is 6.08. The first kappa shape index (κ1) is 31.5. The van der Waals surface area contributed by atoms with Gasteiger partial charge in [-0.1, -0.05) is 101 Å². The van der Waals surface area contributed by atoms with Gasteiger partial charge in [-0.15, -0.1) is 0 Å². The molecule has 1 aliphatic carbocycles. The Labute approximate surface area is 242 Å². The number of nitriles is 1. The van der Waals surface area contributed by atoms with Crippen LogP contribution in [0.1, 0.15) is 115 Å². The van der Waals surface area contributed by atoms with Gasteiger partial charge in [-0.05, 0) is 80.2 Å². The van der Waals surface area contributed by atoms with Crippen LogP contribution in [0.2, 0.25) is 0 Å². The molecule has 0 radical (unpaired) electrons. The molecule has 0 bridgehead atoms. The Kier molecular flexibility index (Phi) is 13.3. The van der Waals surface area contributed by atoms with Crippen LogP contribution in [-0.2, 0) is 9.53 Å². The van der Waals surface area contributed by atoms with E-state index in [9.17, 15) is 10.1 Å². The maximum absolute atomic E-state index is 11.1. The summed E-state index contributed by atoms with van der Waals surface area (Å²) < 4.78 is 11.0. The lowest BCUT2D eigenvalue weighted by atomic mass is 9.66. The molecule has 1 saturated carbocycles. The minimum atomic E-state index is -0.335. The van der Waals surface area contributed by atoms with Gasteiger partial charge in [0.05, 0.1) is 24.2 Å².